The van der Waals surface area contributed by atoms with Gasteiger partial charge in [0.25, 0.3) is 5.91 Å². The maximum atomic E-state index is 11.9. The number of Topliss-reactive ketones (excluding diaryl/α,β-unsaturated/α-hetero) is 1. The summed E-state index contributed by atoms with van der Waals surface area (Å²) in [5, 5.41) is 3.52. The second-order valence-corrected chi connectivity index (χ2v) is 4.72. The molecule has 0 atom stereocenters. The molecule has 0 spiro atoms. The fourth-order valence-corrected chi connectivity index (χ4v) is 1.67. The van der Waals surface area contributed by atoms with Gasteiger partial charge in [0, 0.05) is 17.5 Å². The summed E-state index contributed by atoms with van der Waals surface area (Å²) in [6.45, 7) is 3.68. The Kier molecular flexibility index (Phi) is 3.90. The van der Waals surface area contributed by atoms with E-state index >= 15 is 0 Å². The zero-order valence-electron chi connectivity index (χ0n) is 11.0. The van der Waals surface area contributed by atoms with Gasteiger partial charge < -0.3 is 5.32 Å². The van der Waals surface area contributed by atoms with E-state index in [1.54, 1.807) is 6.07 Å². The van der Waals surface area contributed by atoms with Gasteiger partial charge in [0.2, 0.25) is 0 Å². The van der Waals surface area contributed by atoms with Crippen LogP contribution < -0.4 is 5.32 Å². The number of benzene rings is 1. The Labute approximate surface area is 111 Å². The predicted octanol–water partition coefficient (Wildman–Crippen LogP) is 2.19. The molecule has 0 saturated heterocycles. The van der Waals surface area contributed by atoms with E-state index in [9.17, 15) is 9.59 Å². The minimum absolute atomic E-state index is 0.0158. The molecular weight excluding hydrogens is 240 g/mol. The molecular formula is C15H16N2O2. The topological polar surface area (TPSA) is 59.1 Å². The molecule has 1 aromatic heterocycles. The molecule has 19 heavy (non-hydrogen) atoms. The van der Waals surface area contributed by atoms with E-state index in [0.29, 0.717) is 5.56 Å². The summed E-state index contributed by atoms with van der Waals surface area (Å²) in [6, 6.07) is 9.36. The highest BCUT2D eigenvalue weighted by molar-refractivity contribution is 5.99. The van der Waals surface area contributed by atoms with E-state index in [0.717, 1.165) is 10.9 Å². The molecule has 0 bridgehead atoms. The third-order valence-electron chi connectivity index (χ3n) is 2.92. The molecule has 1 aromatic carbocycles. The molecule has 1 N–H and O–H groups in total. The first-order valence-corrected chi connectivity index (χ1v) is 6.23. The fourth-order valence-electron chi connectivity index (χ4n) is 1.67. The van der Waals surface area contributed by atoms with E-state index in [-0.39, 0.29) is 24.2 Å². The summed E-state index contributed by atoms with van der Waals surface area (Å²) in [7, 11) is 0. The van der Waals surface area contributed by atoms with Crippen LogP contribution in [0.3, 0.4) is 0 Å². The van der Waals surface area contributed by atoms with Crippen LogP contribution in [0.5, 0.6) is 0 Å². The van der Waals surface area contributed by atoms with Crippen molar-refractivity contribution in [1.82, 2.24) is 10.3 Å². The van der Waals surface area contributed by atoms with Crippen LogP contribution in [-0.4, -0.2) is 23.2 Å². The number of ketones is 1. The highest BCUT2D eigenvalue weighted by Gasteiger charge is 2.11. The number of para-hydroxylation sites is 1. The first kappa shape index (κ1) is 13.2. The molecule has 4 nitrogen and oxygen atoms in total. The summed E-state index contributed by atoms with van der Waals surface area (Å²) in [5.41, 5.74) is 1.31. The van der Waals surface area contributed by atoms with Crippen LogP contribution in [0.15, 0.2) is 36.5 Å². The number of aromatic nitrogens is 1. The van der Waals surface area contributed by atoms with Gasteiger partial charge >= 0.3 is 0 Å². The third kappa shape index (κ3) is 3.16. The molecule has 2 rings (SSSR count). The molecule has 0 aliphatic heterocycles. The van der Waals surface area contributed by atoms with Gasteiger partial charge in [0.05, 0.1) is 17.6 Å². The summed E-state index contributed by atoms with van der Waals surface area (Å²) in [4.78, 5) is 27.6. The quantitative estimate of drug-likeness (QED) is 0.912. The Morgan fingerprint density at radius 3 is 2.74 bits per heavy atom. The number of hydrogen-bond acceptors (Lipinski definition) is 3. The Balaban J connectivity index is 2.11. The van der Waals surface area contributed by atoms with Gasteiger partial charge in [0.15, 0.2) is 5.78 Å². The van der Waals surface area contributed by atoms with Crippen LogP contribution in [0.4, 0.5) is 0 Å². The lowest BCUT2D eigenvalue weighted by atomic mass is 10.1. The third-order valence-corrected chi connectivity index (χ3v) is 2.92. The SMILES string of the molecule is CC(C)C(=O)CNC(=O)c1cnc2ccccc2c1. The fraction of sp³-hybridized carbons (Fsp3) is 0.267. The standard InChI is InChI=1S/C15H16N2O2/c1-10(2)14(18)9-17-15(19)12-7-11-5-3-4-6-13(11)16-8-12/h3-8,10H,9H2,1-2H3,(H,17,19). The molecule has 0 unspecified atom stereocenters. The number of pyridine rings is 1. The van der Waals surface area contributed by atoms with Crippen LogP contribution in [-0.2, 0) is 4.79 Å². The minimum atomic E-state index is -0.271. The monoisotopic (exact) mass is 256 g/mol. The number of carbonyl (C=O) groups excluding carboxylic acids is 2. The van der Waals surface area contributed by atoms with Gasteiger partial charge in [-0.2, -0.15) is 0 Å². The van der Waals surface area contributed by atoms with Crippen LogP contribution in [0.2, 0.25) is 0 Å². The summed E-state index contributed by atoms with van der Waals surface area (Å²) in [5.74, 6) is -0.329. The van der Waals surface area contributed by atoms with Crippen molar-refractivity contribution in [2.24, 2.45) is 5.92 Å². The predicted molar refractivity (Wildman–Crippen MR) is 73.9 cm³/mol. The molecule has 0 radical (unpaired) electrons. The smallest absolute Gasteiger partial charge is 0.253 e. The van der Waals surface area contributed by atoms with E-state index in [2.05, 4.69) is 10.3 Å². The number of carbonyl (C=O) groups is 2. The van der Waals surface area contributed by atoms with Crippen molar-refractivity contribution in [2.45, 2.75) is 13.8 Å². The summed E-state index contributed by atoms with van der Waals surface area (Å²) in [6.07, 6.45) is 1.53. The minimum Gasteiger partial charge on any atom is -0.345 e. The van der Waals surface area contributed by atoms with Crippen LogP contribution in [0, 0.1) is 5.92 Å². The lowest BCUT2D eigenvalue weighted by Crippen LogP contribution is -2.31. The molecule has 4 heteroatoms. The van der Waals surface area contributed by atoms with Crippen LogP contribution in [0.1, 0.15) is 24.2 Å². The van der Waals surface area contributed by atoms with E-state index in [1.807, 2.05) is 38.1 Å². The summed E-state index contributed by atoms with van der Waals surface area (Å²) < 4.78 is 0. The molecule has 0 saturated carbocycles. The van der Waals surface area contributed by atoms with Gasteiger partial charge in [-0.25, -0.2) is 0 Å². The normalized spacial score (nSPS) is 10.7. The largest absolute Gasteiger partial charge is 0.345 e. The second kappa shape index (κ2) is 5.61. The number of nitrogens with zero attached hydrogens (tertiary/aromatic N) is 1. The van der Waals surface area contributed by atoms with Gasteiger partial charge in [-0.1, -0.05) is 32.0 Å². The number of rotatable bonds is 4. The van der Waals surface area contributed by atoms with Crippen LogP contribution >= 0.6 is 0 Å². The first-order chi connectivity index (χ1) is 9.08. The molecule has 98 valence electrons. The maximum absolute atomic E-state index is 11.9. The first-order valence-electron chi connectivity index (χ1n) is 6.23. The second-order valence-electron chi connectivity index (χ2n) is 4.72. The van der Waals surface area contributed by atoms with Crippen molar-refractivity contribution in [1.29, 1.82) is 0 Å². The summed E-state index contributed by atoms with van der Waals surface area (Å²) >= 11 is 0. The van der Waals surface area contributed by atoms with Crippen LogP contribution in [0.25, 0.3) is 10.9 Å². The Hall–Kier alpha value is -2.23. The Morgan fingerprint density at radius 1 is 1.26 bits per heavy atom. The van der Waals surface area contributed by atoms with Crippen molar-refractivity contribution in [3.63, 3.8) is 0 Å². The van der Waals surface area contributed by atoms with Crippen molar-refractivity contribution < 1.29 is 9.59 Å². The number of hydrogen-bond donors (Lipinski definition) is 1. The maximum Gasteiger partial charge on any atom is 0.253 e. The highest BCUT2D eigenvalue weighted by Crippen LogP contribution is 2.12. The van der Waals surface area contributed by atoms with Crippen molar-refractivity contribution in [3.05, 3.63) is 42.1 Å². The lowest BCUT2D eigenvalue weighted by molar-refractivity contribution is -0.120. The molecule has 0 fully saturated rings. The number of fused-ring (bicyclic) bond motifs is 1. The van der Waals surface area contributed by atoms with Crippen molar-refractivity contribution in [3.8, 4) is 0 Å². The Bertz CT molecular complexity index is 620. The van der Waals surface area contributed by atoms with Crippen molar-refractivity contribution in [2.75, 3.05) is 6.54 Å². The molecule has 0 aliphatic rings. The Morgan fingerprint density at radius 2 is 2.00 bits per heavy atom. The van der Waals surface area contributed by atoms with Crippen molar-refractivity contribution >= 4 is 22.6 Å². The molecule has 0 aliphatic carbocycles. The van der Waals surface area contributed by atoms with E-state index in [1.165, 1.54) is 6.20 Å². The molecule has 1 heterocycles. The highest BCUT2D eigenvalue weighted by atomic mass is 16.2. The zero-order chi connectivity index (χ0) is 13.8. The zero-order valence-corrected chi connectivity index (χ0v) is 11.0. The average Bonchev–Trinajstić information content (AvgIpc) is 2.43. The van der Waals surface area contributed by atoms with Gasteiger partial charge in [-0.3, -0.25) is 14.6 Å². The molecule has 2 aromatic rings. The lowest BCUT2D eigenvalue weighted by Gasteiger charge is -2.07. The van der Waals surface area contributed by atoms with Gasteiger partial charge in [-0.05, 0) is 12.1 Å². The van der Waals surface area contributed by atoms with E-state index < -0.39 is 0 Å². The number of nitrogens with one attached hydrogen (secondary N) is 1. The van der Waals surface area contributed by atoms with Gasteiger partial charge in [0.1, 0.15) is 0 Å². The molecule has 1 amide bonds. The van der Waals surface area contributed by atoms with Gasteiger partial charge in [-0.15, -0.1) is 0 Å². The average molecular weight is 256 g/mol. The van der Waals surface area contributed by atoms with E-state index in [4.69, 9.17) is 0 Å². The number of amides is 1.